The number of carbonyl (C=O) groups is 2. The van der Waals surface area contributed by atoms with E-state index in [4.69, 9.17) is 0 Å². The number of anilines is 1. The Labute approximate surface area is 159 Å². The van der Waals surface area contributed by atoms with Crippen molar-refractivity contribution in [3.8, 4) is 0 Å². The van der Waals surface area contributed by atoms with Crippen LogP contribution in [0.3, 0.4) is 0 Å². The highest BCUT2D eigenvalue weighted by Gasteiger charge is 2.27. The number of fused-ring (bicyclic) bond motifs is 1. The molecule has 0 saturated carbocycles. The van der Waals surface area contributed by atoms with Gasteiger partial charge in [0.2, 0.25) is 11.8 Å². The average Bonchev–Trinajstić information content (AvgIpc) is 2.60. The number of hydrogen-bond acceptors (Lipinski definition) is 5. The maximum Gasteiger partial charge on any atom is 0.240 e. The lowest BCUT2D eigenvalue weighted by Crippen LogP contribution is -2.44. The van der Waals surface area contributed by atoms with Crippen molar-refractivity contribution in [3.05, 3.63) is 18.3 Å². The lowest BCUT2D eigenvalue weighted by molar-refractivity contribution is -0.123. The number of aromatic nitrogens is 1. The standard InChI is InChI=1S/C19H28N4O2S/c1-14-9-15(2)11-22(10-14)8-4-7-20-17(24)12-23-16-5-3-6-21-19(16)26-13-18(23)25/h3,5-6,14-15H,4,7-13H2,1-2H3,(H,20,24). The van der Waals surface area contributed by atoms with Crippen LogP contribution in [-0.4, -0.2) is 60.2 Å². The second-order valence-electron chi connectivity index (χ2n) is 7.51. The third-order valence-corrected chi connectivity index (χ3v) is 5.87. The minimum absolute atomic E-state index is 0.0399. The number of amides is 2. The van der Waals surface area contributed by atoms with Gasteiger partial charge in [-0.2, -0.15) is 0 Å². The molecule has 1 saturated heterocycles. The Morgan fingerprint density at radius 3 is 2.88 bits per heavy atom. The van der Waals surface area contributed by atoms with Gasteiger partial charge in [-0.05, 0) is 43.4 Å². The topological polar surface area (TPSA) is 65.5 Å². The largest absolute Gasteiger partial charge is 0.355 e. The molecule has 3 heterocycles. The molecule has 3 rings (SSSR count). The van der Waals surface area contributed by atoms with Crippen molar-refractivity contribution in [2.75, 3.05) is 43.4 Å². The van der Waals surface area contributed by atoms with E-state index in [9.17, 15) is 9.59 Å². The zero-order valence-corrected chi connectivity index (χ0v) is 16.4. The van der Waals surface area contributed by atoms with Crippen LogP contribution in [0.15, 0.2) is 23.4 Å². The number of hydrogen-bond donors (Lipinski definition) is 1. The van der Waals surface area contributed by atoms with Crippen LogP contribution in [0.4, 0.5) is 5.69 Å². The molecule has 2 aliphatic heterocycles. The maximum absolute atomic E-state index is 12.3. The summed E-state index contributed by atoms with van der Waals surface area (Å²) >= 11 is 1.43. The first-order valence-electron chi connectivity index (χ1n) is 9.40. The van der Waals surface area contributed by atoms with Gasteiger partial charge in [-0.25, -0.2) is 4.98 Å². The van der Waals surface area contributed by atoms with Crippen LogP contribution >= 0.6 is 11.8 Å². The number of rotatable bonds is 6. The number of thioether (sulfide) groups is 1. The van der Waals surface area contributed by atoms with E-state index in [1.807, 2.05) is 6.07 Å². The first kappa shape index (κ1) is 19.2. The van der Waals surface area contributed by atoms with Crippen molar-refractivity contribution in [3.63, 3.8) is 0 Å². The number of likely N-dealkylation sites (tertiary alicyclic amines) is 1. The van der Waals surface area contributed by atoms with Crippen LogP contribution in [-0.2, 0) is 9.59 Å². The molecule has 1 fully saturated rings. The Kier molecular flexibility index (Phi) is 6.53. The van der Waals surface area contributed by atoms with Crippen LogP contribution in [0, 0.1) is 11.8 Å². The molecule has 1 aromatic rings. The molecule has 0 aliphatic carbocycles. The normalized spacial score (nSPS) is 23.6. The minimum atomic E-state index is -0.111. The second-order valence-corrected chi connectivity index (χ2v) is 8.47. The number of piperidine rings is 1. The van der Waals surface area contributed by atoms with Gasteiger partial charge in [-0.1, -0.05) is 25.6 Å². The Bertz CT molecular complexity index is 644. The van der Waals surface area contributed by atoms with E-state index in [0.717, 1.165) is 48.6 Å². The van der Waals surface area contributed by atoms with Crippen molar-refractivity contribution in [2.24, 2.45) is 11.8 Å². The summed E-state index contributed by atoms with van der Waals surface area (Å²) in [5, 5.41) is 3.77. The molecule has 2 amide bonds. The van der Waals surface area contributed by atoms with Gasteiger partial charge in [0.05, 0.1) is 11.4 Å². The van der Waals surface area contributed by atoms with E-state index in [-0.39, 0.29) is 18.4 Å². The van der Waals surface area contributed by atoms with Crippen LogP contribution in [0.1, 0.15) is 26.7 Å². The van der Waals surface area contributed by atoms with Crippen molar-refractivity contribution in [1.29, 1.82) is 0 Å². The molecule has 7 heteroatoms. The second kappa shape index (κ2) is 8.86. The van der Waals surface area contributed by atoms with Crippen LogP contribution in [0.25, 0.3) is 0 Å². The number of pyridine rings is 1. The summed E-state index contributed by atoms with van der Waals surface area (Å²) in [6, 6.07) is 3.64. The molecule has 2 atom stereocenters. The molecule has 0 aromatic carbocycles. The molecule has 1 N–H and O–H groups in total. The van der Waals surface area contributed by atoms with E-state index in [2.05, 4.69) is 29.0 Å². The molecule has 2 aliphatic rings. The smallest absolute Gasteiger partial charge is 0.240 e. The summed E-state index contributed by atoms with van der Waals surface area (Å²) in [4.78, 5) is 32.8. The Hall–Kier alpha value is -1.60. The highest BCUT2D eigenvalue weighted by atomic mass is 32.2. The molecule has 26 heavy (non-hydrogen) atoms. The fraction of sp³-hybridized carbons (Fsp3) is 0.632. The predicted octanol–water partition coefficient (Wildman–Crippen LogP) is 2.00. The monoisotopic (exact) mass is 376 g/mol. The summed E-state index contributed by atoms with van der Waals surface area (Å²) in [7, 11) is 0. The van der Waals surface area contributed by atoms with Crippen molar-refractivity contribution in [1.82, 2.24) is 15.2 Å². The van der Waals surface area contributed by atoms with Gasteiger partial charge in [0.15, 0.2) is 0 Å². The molecule has 2 unspecified atom stereocenters. The number of carbonyl (C=O) groups excluding carboxylic acids is 2. The predicted molar refractivity (Wildman–Crippen MR) is 104 cm³/mol. The van der Waals surface area contributed by atoms with E-state index in [0.29, 0.717) is 12.3 Å². The van der Waals surface area contributed by atoms with Crippen LogP contribution in [0.2, 0.25) is 0 Å². The SMILES string of the molecule is CC1CC(C)CN(CCCNC(=O)CN2C(=O)CSc3ncccc32)C1. The quantitative estimate of drug-likeness (QED) is 0.770. The summed E-state index contributed by atoms with van der Waals surface area (Å²) in [6.45, 7) is 8.66. The highest BCUT2D eigenvalue weighted by Crippen LogP contribution is 2.32. The summed E-state index contributed by atoms with van der Waals surface area (Å²) < 4.78 is 0. The third-order valence-electron chi connectivity index (χ3n) is 4.89. The Morgan fingerprint density at radius 1 is 1.35 bits per heavy atom. The van der Waals surface area contributed by atoms with E-state index in [1.54, 1.807) is 17.2 Å². The van der Waals surface area contributed by atoms with Gasteiger partial charge >= 0.3 is 0 Å². The third kappa shape index (κ3) is 4.98. The highest BCUT2D eigenvalue weighted by molar-refractivity contribution is 8.00. The lowest BCUT2D eigenvalue weighted by atomic mass is 9.92. The van der Waals surface area contributed by atoms with Crippen molar-refractivity contribution in [2.45, 2.75) is 31.7 Å². The molecule has 0 radical (unpaired) electrons. The number of nitrogens with zero attached hydrogens (tertiary/aromatic N) is 3. The first-order valence-corrected chi connectivity index (χ1v) is 10.4. The zero-order chi connectivity index (χ0) is 18.5. The van der Waals surface area contributed by atoms with Crippen LogP contribution in [0.5, 0.6) is 0 Å². The van der Waals surface area contributed by atoms with Gasteiger partial charge in [0.1, 0.15) is 11.6 Å². The van der Waals surface area contributed by atoms with Gasteiger partial charge in [0.25, 0.3) is 0 Å². The van der Waals surface area contributed by atoms with Crippen molar-refractivity contribution < 1.29 is 9.59 Å². The summed E-state index contributed by atoms with van der Waals surface area (Å²) in [5.41, 5.74) is 0.736. The van der Waals surface area contributed by atoms with E-state index in [1.165, 1.54) is 18.2 Å². The van der Waals surface area contributed by atoms with Crippen LogP contribution < -0.4 is 10.2 Å². The van der Waals surface area contributed by atoms with Gasteiger partial charge < -0.3 is 10.2 Å². The first-order chi connectivity index (χ1) is 12.5. The molecular formula is C19H28N4O2S. The fourth-order valence-electron chi connectivity index (χ4n) is 3.92. The lowest BCUT2D eigenvalue weighted by Gasteiger charge is -2.35. The Balaban J connectivity index is 1.43. The van der Waals surface area contributed by atoms with Gasteiger partial charge in [-0.3, -0.25) is 14.5 Å². The molecule has 0 bridgehead atoms. The summed E-state index contributed by atoms with van der Waals surface area (Å²) in [6.07, 6.45) is 3.96. The van der Waals surface area contributed by atoms with Gasteiger partial charge in [-0.15, -0.1) is 0 Å². The molecule has 6 nitrogen and oxygen atoms in total. The molecular weight excluding hydrogens is 348 g/mol. The maximum atomic E-state index is 12.3. The fourth-order valence-corrected chi connectivity index (χ4v) is 4.80. The average molecular weight is 377 g/mol. The molecule has 0 spiro atoms. The van der Waals surface area contributed by atoms with Gasteiger partial charge in [0, 0.05) is 25.8 Å². The summed E-state index contributed by atoms with van der Waals surface area (Å²) in [5.74, 6) is 1.69. The van der Waals surface area contributed by atoms with E-state index >= 15 is 0 Å². The Morgan fingerprint density at radius 2 is 2.12 bits per heavy atom. The van der Waals surface area contributed by atoms with E-state index < -0.39 is 0 Å². The molecule has 1 aromatic heterocycles. The molecule has 142 valence electrons. The minimum Gasteiger partial charge on any atom is -0.355 e. The number of nitrogens with one attached hydrogen (secondary N) is 1. The van der Waals surface area contributed by atoms with Crippen molar-refractivity contribution >= 4 is 29.3 Å². The zero-order valence-electron chi connectivity index (χ0n) is 15.6.